The quantitative estimate of drug-likeness (QED) is 0.522. The van der Waals surface area contributed by atoms with Crippen LogP contribution in [0, 0.1) is 6.92 Å². The topological polar surface area (TPSA) is 57.2 Å². The van der Waals surface area contributed by atoms with Crippen LogP contribution in [0.15, 0.2) is 28.4 Å². The summed E-state index contributed by atoms with van der Waals surface area (Å²) in [6.07, 6.45) is 6.78. The molecule has 2 aromatic rings. The minimum Gasteiger partial charge on any atom is -0.477 e. The van der Waals surface area contributed by atoms with Gasteiger partial charge in [0.1, 0.15) is 24.0 Å². The van der Waals surface area contributed by atoms with Gasteiger partial charge in [0.05, 0.1) is 12.2 Å². The lowest BCUT2D eigenvalue weighted by Crippen LogP contribution is -2.39. The first kappa shape index (κ1) is 20.3. The average molecular weight is 498 g/mol. The van der Waals surface area contributed by atoms with Crippen LogP contribution in [0.5, 0.6) is 17.2 Å². The molecule has 2 aromatic carbocycles. The van der Waals surface area contributed by atoms with Crippen molar-refractivity contribution in [1.82, 2.24) is 4.90 Å². The second kappa shape index (κ2) is 7.90. The molecule has 3 aliphatic heterocycles. The molecular weight excluding hydrogens is 474 g/mol. The van der Waals surface area contributed by atoms with Crippen LogP contribution >= 0.6 is 15.9 Å². The van der Waals surface area contributed by atoms with Gasteiger partial charge in [0.25, 0.3) is 0 Å². The highest BCUT2D eigenvalue weighted by Crippen LogP contribution is 2.44. The van der Waals surface area contributed by atoms with Gasteiger partial charge in [0.2, 0.25) is 5.78 Å². The van der Waals surface area contributed by atoms with E-state index >= 15 is 0 Å². The largest absolute Gasteiger partial charge is 0.477 e. The van der Waals surface area contributed by atoms with Crippen molar-refractivity contribution in [3.8, 4) is 17.2 Å². The van der Waals surface area contributed by atoms with E-state index in [0.29, 0.717) is 36.5 Å². The molecular formula is C25H24BrNO5. The summed E-state index contributed by atoms with van der Waals surface area (Å²) in [4.78, 5) is 15.7. The standard InChI is InChI=1S/C25H24BrNO5/c1-14-23-16(10-27(12-30-23)19-4-2-3-5-19)8-20-22(28)21(32-24(14)20)9-15-6-18(26)7-17-11-29-13-31-25(15)17/h6-9,19H,2-5,10-13H2,1H3/b21-9-. The first-order valence-electron chi connectivity index (χ1n) is 11.1. The predicted molar refractivity (Wildman–Crippen MR) is 122 cm³/mol. The van der Waals surface area contributed by atoms with Crippen molar-refractivity contribution in [1.29, 1.82) is 0 Å². The molecule has 0 saturated heterocycles. The Morgan fingerprint density at radius 2 is 1.91 bits per heavy atom. The van der Waals surface area contributed by atoms with E-state index in [4.69, 9.17) is 18.9 Å². The molecule has 6 rings (SSSR count). The van der Waals surface area contributed by atoms with Crippen molar-refractivity contribution in [2.45, 2.75) is 51.8 Å². The molecule has 0 N–H and O–H groups in total. The minimum atomic E-state index is -0.107. The molecule has 1 aliphatic carbocycles. The minimum absolute atomic E-state index is 0.107. The molecule has 6 nitrogen and oxygen atoms in total. The molecule has 0 unspecified atom stereocenters. The first-order valence-corrected chi connectivity index (χ1v) is 11.9. The van der Waals surface area contributed by atoms with Crippen LogP contribution in [0.3, 0.4) is 0 Å². The SMILES string of the molecule is Cc1c2c(cc3c1O/C(=C\c1cc(Br)cc4c1OCOC4)C3=O)CN(C1CCCC1)CO2. The van der Waals surface area contributed by atoms with Gasteiger partial charge in [-0.2, -0.15) is 0 Å². The number of allylic oxidation sites excluding steroid dienone is 1. The summed E-state index contributed by atoms with van der Waals surface area (Å²) in [6.45, 7) is 4.05. The number of nitrogens with zero attached hydrogens (tertiary/aromatic N) is 1. The Balaban J connectivity index is 1.35. The highest BCUT2D eigenvalue weighted by molar-refractivity contribution is 9.10. The Morgan fingerprint density at radius 3 is 2.75 bits per heavy atom. The Kier molecular flexibility index (Phi) is 5.01. The zero-order chi connectivity index (χ0) is 21.8. The van der Waals surface area contributed by atoms with Gasteiger partial charge in [-0.15, -0.1) is 0 Å². The number of hydrogen-bond acceptors (Lipinski definition) is 6. The van der Waals surface area contributed by atoms with E-state index in [1.54, 1.807) is 6.08 Å². The fraction of sp³-hybridized carbons (Fsp3) is 0.400. The van der Waals surface area contributed by atoms with E-state index in [2.05, 4.69) is 20.8 Å². The van der Waals surface area contributed by atoms with Crippen LogP contribution in [0.4, 0.5) is 0 Å². The van der Waals surface area contributed by atoms with Gasteiger partial charge in [-0.25, -0.2) is 0 Å². The molecule has 166 valence electrons. The van der Waals surface area contributed by atoms with E-state index in [-0.39, 0.29) is 12.6 Å². The van der Waals surface area contributed by atoms with Crippen molar-refractivity contribution >= 4 is 27.8 Å². The van der Waals surface area contributed by atoms with Gasteiger partial charge in [-0.1, -0.05) is 28.8 Å². The number of halogens is 1. The van der Waals surface area contributed by atoms with Crippen molar-refractivity contribution in [2.75, 3.05) is 13.5 Å². The van der Waals surface area contributed by atoms with Crippen molar-refractivity contribution in [3.05, 3.63) is 56.2 Å². The first-order chi connectivity index (χ1) is 15.6. The Morgan fingerprint density at radius 1 is 1.06 bits per heavy atom. The Hall–Kier alpha value is -2.35. The van der Waals surface area contributed by atoms with Crippen molar-refractivity contribution in [2.24, 2.45) is 0 Å². The number of carbonyl (C=O) groups is 1. The van der Waals surface area contributed by atoms with Crippen LogP contribution in [0.1, 0.15) is 58.3 Å². The van der Waals surface area contributed by atoms with Gasteiger partial charge in [-0.3, -0.25) is 9.69 Å². The molecule has 1 fully saturated rings. The van der Waals surface area contributed by atoms with Gasteiger partial charge < -0.3 is 18.9 Å². The molecule has 4 aliphatic rings. The predicted octanol–water partition coefficient (Wildman–Crippen LogP) is 5.33. The summed E-state index contributed by atoms with van der Waals surface area (Å²) in [6, 6.07) is 6.43. The molecule has 32 heavy (non-hydrogen) atoms. The number of ether oxygens (including phenoxy) is 4. The van der Waals surface area contributed by atoms with Crippen LogP contribution in [0.25, 0.3) is 6.08 Å². The normalized spacial score (nSPS) is 21.6. The number of hydrogen-bond donors (Lipinski definition) is 0. The van der Waals surface area contributed by atoms with Crippen LogP contribution < -0.4 is 14.2 Å². The Labute approximate surface area is 195 Å². The van der Waals surface area contributed by atoms with Crippen molar-refractivity contribution < 1.29 is 23.7 Å². The summed E-state index contributed by atoms with van der Waals surface area (Å²) < 4.78 is 24.3. The van der Waals surface area contributed by atoms with E-state index in [9.17, 15) is 4.79 Å². The fourth-order valence-electron chi connectivity index (χ4n) is 5.23. The van der Waals surface area contributed by atoms with Crippen LogP contribution in [0.2, 0.25) is 0 Å². The molecule has 0 atom stereocenters. The molecule has 3 heterocycles. The molecule has 1 saturated carbocycles. The highest BCUT2D eigenvalue weighted by Gasteiger charge is 2.35. The van der Waals surface area contributed by atoms with Gasteiger partial charge in [0.15, 0.2) is 12.6 Å². The molecule has 0 bridgehead atoms. The van der Waals surface area contributed by atoms with Gasteiger partial charge in [0, 0.05) is 39.3 Å². The molecule has 0 amide bonds. The lowest BCUT2D eigenvalue weighted by Gasteiger charge is -2.34. The number of benzene rings is 2. The second-order valence-electron chi connectivity index (χ2n) is 8.86. The number of fused-ring (bicyclic) bond motifs is 3. The zero-order valence-corrected chi connectivity index (χ0v) is 19.5. The summed E-state index contributed by atoms with van der Waals surface area (Å²) in [5, 5.41) is 0. The van der Waals surface area contributed by atoms with Crippen molar-refractivity contribution in [3.63, 3.8) is 0 Å². The Bertz CT molecular complexity index is 1150. The van der Waals surface area contributed by atoms with E-state index < -0.39 is 0 Å². The molecule has 0 aromatic heterocycles. The number of Topliss-reactive ketones (excluding diaryl/α,β-unsaturated/α-hetero) is 1. The van der Waals surface area contributed by atoms with E-state index in [0.717, 1.165) is 44.8 Å². The molecule has 0 spiro atoms. The number of rotatable bonds is 2. The van der Waals surface area contributed by atoms with Crippen LogP contribution in [-0.4, -0.2) is 30.2 Å². The maximum Gasteiger partial charge on any atom is 0.231 e. The third-order valence-electron chi connectivity index (χ3n) is 6.80. The average Bonchev–Trinajstić information content (AvgIpc) is 3.43. The molecule has 0 radical (unpaired) electrons. The lowest BCUT2D eigenvalue weighted by atomic mass is 9.99. The maximum atomic E-state index is 13.3. The fourth-order valence-corrected chi connectivity index (χ4v) is 5.75. The maximum absolute atomic E-state index is 13.3. The summed E-state index contributed by atoms with van der Waals surface area (Å²) in [7, 11) is 0. The monoisotopic (exact) mass is 497 g/mol. The summed E-state index contributed by atoms with van der Waals surface area (Å²) in [5.74, 6) is 2.37. The number of ketones is 1. The zero-order valence-electron chi connectivity index (χ0n) is 17.9. The highest BCUT2D eigenvalue weighted by atomic mass is 79.9. The summed E-state index contributed by atoms with van der Waals surface area (Å²) >= 11 is 3.54. The van der Waals surface area contributed by atoms with Gasteiger partial charge in [-0.05, 0) is 44.0 Å². The lowest BCUT2D eigenvalue weighted by molar-refractivity contribution is -0.0165. The van der Waals surface area contributed by atoms with E-state index in [1.165, 1.54) is 25.7 Å². The summed E-state index contributed by atoms with van der Waals surface area (Å²) in [5.41, 5.74) is 4.30. The molecule has 7 heteroatoms. The van der Waals surface area contributed by atoms with Crippen LogP contribution in [-0.2, 0) is 17.9 Å². The smallest absolute Gasteiger partial charge is 0.231 e. The number of carbonyl (C=O) groups excluding carboxylic acids is 1. The second-order valence-corrected chi connectivity index (χ2v) is 9.77. The van der Waals surface area contributed by atoms with E-state index in [1.807, 2.05) is 25.1 Å². The third kappa shape index (κ3) is 3.34. The van der Waals surface area contributed by atoms with Gasteiger partial charge >= 0.3 is 0 Å². The third-order valence-corrected chi connectivity index (χ3v) is 7.25.